The molecule has 3 aromatic rings. The molecule has 0 unspecified atom stereocenters. The second-order valence-corrected chi connectivity index (χ2v) is 8.03. The minimum absolute atomic E-state index is 0.0489. The van der Waals surface area contributed by atoms with Gasteiger partial charge in [0, 0.05) is 49.2 Å². The number of anilines is 1. The van der Waals surface area contributed by atoms with Crippen molar-refractivity contribution in [3.05, 3.63) is 77.6 Å². The van der Waals surface area contributed by atoms with Crippen molar-refractivity contribution in [2.75, 3.05) is 38.2 Å². The number of rotatable bonds is 5. The van der Waals surface area contributed by atoms with Crippen LogP contribution < -0.4 is 9.64 Å². The molecule has 0 bridgehead atoms. The second kappa shape index (κ2) is 9.73. The van der Waals surface area contributed by atoms with Crippen LogP contribution in [0.5, 0.6) is 5.75 Å². The normalized spacial score (nSPS) is 14.6. The number of carbonyl (C=O) groups excluding carboxylic acids is 1. The molecule has 166 valence electrons. The first-order valence-corrected chi connectivity index (χ1v) is 11.0. The van der Waals surface area contributed by atoms with Gasteiger partial charge in [0.2, 0.25) is 5.91 Å². The molecule has 2 heterocycles. The predicted molar refractivity (Wildman–Crippen MR) is 128 cm³/mol. The summed E-state index contributed by atoms with van der Waals surface area (Å²) >= 11 is 0. The highest BCUT2D eigenvalue weighted by atomic mass is 16.5. The summed E-state index contributed by atoms with van der Waals surface area (Å²) in [6.45, 7) is 7.23. The zero-order valence-electron chi connectivity index (χ0n) is 19.0. The molecule has 1 aromatic heterocycles. The lowest BCUT2D eigenvalue weighted by Gasteiger charge is -2.23. The predicted octanol–water partition coefficient (Wildman–Crippen LogP) is 4.25. The van der Waals surface area contributed by atoms with Crippen molar-refractivity contribution in [1.82, 2.24) is 14.7 Å². The van der Waals surface area contributed by atoms with Crippen molar-refractivity contribution < 1.29 is 9.53 Å². The van der Waals surface area contributed by atoms with E-state index in [1.165, 1.54) is 0 Å². The summed E-state index contributed by atoms with van der Waals surface area (Å²) in [6, 6.07) is 18.2. The van der Waals surface area contributed by atoms with Crippen molar-refractivity contribution in [2.24, 2.45) is 0 Å². The summed E-state index contributed by atoms with van der Waals surface area (Å²) in [5.41, 5.74) is 5.12. The number of amides is 1. The maximum Gasteiger partial charge on any atom is 0.246 e. The molecule has 0 radical (unpaired) electrons. The van der Waals surface area contributed by atoms with Gasteiger partial charge >= 0.3 is 0 Å². The highest BCUT2D eigenvalue weighted by Gasteiger charge is 2.18. The van der Waals surface area contributed by atoms with E-state index in [0.717, 1.165) is 60.1 Å². The SMILES string of the molecule is COc1ccc(N2CCCN(C(=O)/C=C/c3c(C)nn(-c4ccccc4)c3C)CC2)cc1. The Labute approximate surface area is 189 Å². The smallest absolute Gasteiger partial charge is 0.246 e. The minimum Gasteiger partial charge on any atom is -0.497 e. The van der Waals surface area contributed by atoms with E-state index in [0.29, 0.717) is 6.54 Å². The lowest BCUT2D eigenvalue weighted by atomic mass is 10.1. The van der Waals surface area contributed by atoms with Crippen LogP contribution in [0.3, 0.4) is 0 Å². The first-order valence-electron chi connectivity index (χ1n) is 11.0. The number of hydrogen-bond acceptors (Lipinski definition) is 4. The van der Waals surface area contributed by atoms with Gasteiger partial charge in [-0.15, -0.1) is 0 Å². The standard InChI is InChI=1S/C26H30N4O2/c1-20-25(21(2)30(27-20)23-8-5-4-6-9-23)14-15-26(31)29-17-7-16-28(18-19-29)22-10-12-24(32-3)13-11-22/h4-6,8-15H,7,16-19H2,1-3H3/b15-14+. The molecular formula is C26H30N4O2. The van der Waals surface area contributed by atoms with E-state index in [2.05, 4.69) is 22.1 Å². The van der Waals surface area contributed by atoms with E-state index in [1.807, 2.05) is 72.0 Å². The summed E-state index contributed by atoms with van der Waals surface area (Å²) in [5.74, 6) is 0.902. The van der Waals surface area contributed by atoms with E-state index in [4.69, 9.17) is 4.74 Å². The van der Waals surface area contributed by atoms with E-state index >= 15 is 0 Å². The lowest BCUT2D eigenvalue weighted by molar-refractivity contribution is -0.125. The van der Waals surface area contributed by atoms with Crippen LogP contribution in [0.1, 0.15) is 23.4 Å². The maximum atomic E-state index is 12.9. The van der Waals surface area contributed by atoms with Crippen molar-refractivity contribution in [3.8, 4) is 11.4 Å². The van der Waals surface area contributed by atoms with Crippen LogP contribution in [0, 0.1) is 13.8 Å². The zero-order chi connectivity index (χ0) is 22.5. The molecule has 1 saturated heterocycles. The molecule has 32 heavy (non-hydrogen) atoms. The number of ether oxygens (including phenoxy) is 1. The monoisotopic (exact) mass is 430 g/mol. The number of aromatic nitrogens is 2. The molecule has 2 aromatic carbocycles. The van der Waals surface area contributed by atoms with E-state index in [1.54, 1.807) is 13.2 Å². The number of methoxy groups -OCH3 is 1. The van der Waals surface area contributed by atoms with Crippen LogP contribution in [-0.2, 0) is 4.79 Å². The number of hydrogen-bond donors (Lipinski definition) is 0. The average Bonchev–Trinajstić information content (AvgIpc) is 2.99. The molecule has 1 amide bonds. The third kappa shape index (κ3) is 4.69. The minimum atomic E-state index is 0.0489. The first kappa shape index (κ1) is 21.7. The summed E-state index contributed by atoms with van der Waals surface area (Å²) < 4.78 is 7.18. The number of para-hydroxylation sites is 1. The molecule has 0 saturated carbocycles. The quantitative estimate of drug-likeness (QED) is 0.568. The van der Waals surface area contributed by atoms with E-state index in [-0.39, 0.29) is 5.91 Å². The van der Waals surface area contributed by atoms with Gasteiger partial charge in [-0.05, 0) is 62.7 Å². The molecule has 6 nitrogen and oxygen atoms in total. The van der Waals surface area contributed by atoms with Gasteiger partial charge in [-0.25, -0.2) is 4.68 Å². The Kier molecular flexibility index (Phi) is 6.59. The Hall–Kier alpha value is -3.54. The van der Waals surface area contributed by atoms with E-state index in [9.17, 15) is 4.79 Å². The Balaban J connectivity index is 1.42. The van der Waals surface area contributed by atoms with Gasteiger partial charge in [-0.2, -0.15) is 5.10 Å². The third-order valence-electron chi connectivity index (χ3n) is 5.99. The number of carbonyl (C=O) groups is 1. The molecular weight excluding hydrogens is 400 g/mol. The molecule has 0 aliphatic carbocycles. The fourth-order valence-electron chi connectivity index (χ4n) is 4.17. The summed E-state index contributed by atoms with van der Waals surface area (Å²) in [6.07, 6.45) is 4.54. The first-order chi connectivity index (χ1) is 15.6. The van der Waals surface area contributed by atoms with Crippen molar-refractivity contribution in [1.29, 1.82) is 0 Å². The molecule has 1 aliphatic heterocycles. The summed E-state index contributed by atoms with van der Waals surface area (Å²) in [5, 5.41) is 4.67. The highest BCUT2D eigenvalue weighted by Crippen LogP contribution is 2.22. The summed E-state index contributed by atoms with van der Waals surface area (Å²) in [7, 11) is 1.67. The van der Waals surface area contributed by atoms with Gasteiger partial charge in [0.05, 0.1) is 18.5 Å². The average molecular weight is 431 g/mol. The highest BCUT2D eigenvalue weighted by molar-refractivity contribution is 5.92. The molecule has 0 N–H and O–H groups in total. The fourth-order valence-corrected chi connectivity index (χ4v) is 4.17. The van der Waals surface area contributed by atoms with Crippen LogP contribution in [0.2, 0.25) is 0 Å². The zero-order valence-corrected chi connectivity index (χ0v) is 19.0. The Morgan fingerprint density at radius 1 is 0.938 bits per heavy atom. The van der Waals surface area contributed by atoms with Crippen molar-refractivity contribution in [3.63, 3.8) is 0 Å². The molecule has 4 rings (SSSR count). The van der Waals surface area contributed by atoms with Gasteiger partial charge < -0.3 is 14.5 Å². The van der Waals surface area contributed by atoms with Crippen LogP contribution in [0.25, 0.3) is 11.8 Å². The second-order valence-electron chi connectivity index (χ2n) is 8.03. The Bertz CT molecular complexity index is 1090. The Morgan fingerprint density at radius 2 is 1.69 bits per heavy atom. The molecule has 6 heteroatoms. The van der Waals surface area contributed by atoms with Crippen LogP contribution in [-0.4, -0.2) is 53.9 Å². The summed E-state index contributed by atoms with van der Waals surface area (Å²) in [4.78, 5) is 17.2. The van der Waals surface area contributed by atoms with Crippen LogP contribution in [0.4, 0.5) is 5.69 Å². The van der Waals surface area contributed by atoms with Gasteiger partial charge in [0.15, 0.2) is 0 Å². The number of benzene rings is 2. The van der Waals surface area contributed by atoms with E-state index < -0.39 is 0 Å². The lowest BCUT2D eigenvalue weighted by Crippen LogP contribution is -2.34. The van der Waals surface area contributed by atoms with Crippen molar-refractivity contribution in [2.45, 2.75) is 20.3 Å². The maximum absolute atomic E-state index is 12.9. The van der Waals surface area contributed by atoms with Crippen LogP contribution >= 0.6 is 0 Å². The molecule has 1 fully saturated rings. The number of nitrogens with zero attached hydrogens (tertiary/aromatic N) is 4. The van der Waals surface area contributed by atoms with Gasteiger partial charge in [0.25, 0.3) is 0 Å². The van der Waals surface area contributed by atoms with Crippen LogP contribution in [0.15, 0.2) is 60.7 Å². The van der Waals surface area contributed by atoms with Crippen molar-refractivity contribution >= 4 is 17.7 Å². The number of aryl methyl sites for hydroxylation is 1. The van der Waals surface area contributed by atoms with Gasteiger partial charge in [-0.1, -0.05) is 18.2 Å². The topological polar surface area (TPSA) is 50.6 Å². The van der Waals surface area contributed by atoms with Gasteiger partial charge in [-0.3, -0.25) is 4.79 Å². The molecule has 1 aliphatic rings. The largest absolute Gasteiger partial charge is 0.497 e. The fraction of sp³-hybridized carbons (Fsp3) is 0.308. The Morgan fingerprint density at radius 3 is 2.41 bits per heavy atom. The third-order valence-corrected chi connectivity index (χ3v) is 5.99. The molecule has 0 spiro atoms. The van der Waals surface area contributed by atoms with Gasteiger partial charge in [0.1, 0.15) is 5.75 Å². The molecule has 0 atom stereocenters.